The summed E-state index contributed by atoms with van der Waals surface area (Å²) < 4.78 is 0. The van der Waals surface area contributed by atoms with Crippen LogP contribution in [0.2, 0.25) is 0 Å². The number of nitrogens with zero attached hydrogens (tertiary/aromatic N) is 2. The van der Waals surface area contributed by atoms with Crippen LogP contribution in [0, 0.1) is 6.92 Å². The Morgan fingerprint density at radius 3 is 2.50 bits per heavy atom. The zero-order valence-corrected chi connectivity index (χ0v) is 14.9. The Morgan fingerprint density at radius 2 is 1.75 bits per heavy atom. The second-order valence-electron chi connectivity index (χ2n) is 6.67. The lowest BCUT2D eigenvalue weighted by atomic mass is 10.1. The molecule has 0 amide bonds. The molecule has 0 aliphatic heterocycles. The van der Waals surface area contributed by atoms with Gasteiger partial charge in [0.2, 0.25) is 0 Å². The number of rotatable bonds is 3. The number of hydrogen-bond donors (Lipinski definition) is 1. The number of hydrogen-bond acceptors (Lipinski definition) is 4. The number of benzene rings is 1. The third kappa shape index (κ3) is 3.29. The standard InChI is InChI=1S/C20H23N3S/c1-14-13-17-19(21-16-11-7-2-3-8-12-16)22-18(23-20(17)24-14)15-9-5-4-6-10-15/h4-6,9-10,13,16H,2-3,7-8,11-12H2,1H3,(H,21,22,23). The first-order valence-corrected chi connectivity index (χ1v) is 9.71. The lowest BCUT2D eigenvalue weighted by Crippen LogP contribution is -2.19. The van der Waals surface area contributed by atoms with Gasteiger partial charge in [-0.1, -0.05) is 56.0 Å². The van der Waals surface area contributed by atoms with Crippen molar-refractivity contribution in [1.29, 1.82) is 0 Å². The fourth-order valence-electron chi connectivity index (χ4n) is 3.49. The van der Waals surface area contributed by atoms with E-state index in [2.05, 4.69) is 30.4 Å². The van der Waals surface area contributed by atoms with Crippen molar-refractivity contribution in [2.75, 3.05) is 5.32 Å². The van der Waals surface area contributed by atoms with Crippen LogP contribution in [-0.2, 0) is 0 Å². The summed E-state index contributed by atoms with van der Waals surface area (Å²) in [6.07, 6.45) is 7.86. The van der Waals surface area contributed by atoms with Gasteiger partial charge >= 0.3 is 0 Å². The van der Waals surface area contributed by atoms with Crippen molar-refractivity contribution in [3.63, 3.8) is 0 Å². The molecule has 1 aliphatic rings. The topological polar surface area (TPSA) is 37.8 Å². The molecule has 2 aromatic heterocycles. The minimum absolute atomic E-state index is 0.537. The highest BCUT2D eigenvalue weighted by Crippen LogP contribution is 2.32. The third-order valence-electron chi connectivity index (χ3n) is 4.74. The van der Waals surface area contributed by atoms with Crippen molar-refractivity contribution in [2.24, 2.45) is 0 Å². The van der Waals surface area contributed by atoms with Crippen LogP contribution in [0.4, 0.5) is 5.82 Å². The van der Waals surface area contributed by atoms with E-state index in [1.165, 1.54) is 48.8 Å². The van der Waals surface area contributed by atoms with Crippen molar-refractivity contribution < 1.29 is 0 Å². The summed E-state index contributed by atoms with van der Waals surface area (Å²) in [4.78, 5) is 12.1. The van der Waals surface area contributed by atoms with Gasteiger partial charge in [-0.2, -0.15) is 0 Å². The van der Waals surface area contributed by atoms with E-state index in [1.807, 2.05) is 18.2 Å². The van der Waals surface area contributed by atoms with Gasteiger partial charge in [-0.25, -0.2) is 9.97 Å². The molecule has 4 rings (SSSR count). The van der Waals surface area contributed by atoms with Gasteiger partial charge in [0.05, 0.1) is 5.39 Å². The average Bonchev–Trinajstić information content (AvgIpc) is 2.80. The van der Waals surface area contributed by atoms with Gasteiger partial charge in [-0.15, -0.1) is 11.3 Å². The Labute approximate surface area is 147 Å². The Hall–Kier alpha value is -1.94. The number of aryl methyl sites for hydroxylation is 1. The van der Waals surface area contributed by atoms with Crippen molar-refractivity contribution >= 4 is 27.4 Å². The minimum atomic E-state index is 0.537. The molecule has 0 atom stereocenters. The molecule has 24 heavy (non-hydrogen) atoms. The molecule has 3 nitrogen and oxygen atoms in total. The zero-order valence-electron chi connectivity index (χ0n) is 14.1. The lowest BCUT2D eigenvalue weighted by Gasteiger charge is -2.18. The molecular weight excluding hydrogens is 314 g/mol. The van der Waals surface area contributed by atoms with Gasteiger partial charge in [0, 0.05) is 16.5 Å². The van der Waals surface area contributed by atoms with Crippen LogP contribution in [0.25, 0.3) is 21.6 Å². The molecule has 1 aliphatic carbocycles. The van der Waals surface area contributed by atoms with Crippen LogP contribution in [0.1, 0.15) is 43.4 Å². The first kappa shape index (κ1) is 15.6. The Balaban J connectivity index is 1.74. The van der Waals surface area contributed by atoms with E-state index >= 15 is 0 Å². The number of fused-ring (bicyclic) bond motifs is 1. The van der Waals surface area contributed by atoms with Gasteiger partial charge in [-0.05, 0) is 25.8 Å². The maximum absolute atomic E-state index is 4.89. The van der Waals surface area contributed by atoms with Gasteiger partial charge in [-0.3, -0.25) is 0 Å². The number of anilines is 1. The number of nitrogens with one attached hydrogen (secondary N) is 1. The molecule has 1 saturated carbocycles. The van der Waals surface area contributed by atoms with Crippen molar-refractivity contribution in [3.8, 4) is 11.4 Å². The molecule has 0 saturated heterocycles. The third-order valence-corrected chi connectivity index (χ3v) is 5.69. The van der Waals surface area contributed by atoms with Crippen LogP contribution < -0.4 is 5.32 Å². The molecule has 1 aromatic carbocycles. The van der Waals surface area contributed by atoms with E-state index in [-0.39, 0.29) is 0 Å². The summed E-state index contributed by atoms with van der Waals surface area (Å²) in [5, 5.41) is 4.91. The van der Waals surface area contributed by atoms with E-state index in [9.17, 15) is 0 Å². The van der Waals surface area contributed by atoms with E-state index < -0.39 is 0 Å². The molecule has 4 heteroatoms. The number of aromatic nitrogens is 2. The molecule has 0 bridgehead atoms. The molecule has 2 heterocycles. The summed E-state index contributed by atoms with van der Waals surface area (Å²) in [7, 11) is 0. The van der Waals surface area contributed by atoms with Gasteiger partial charge in [0.25, 0.3) is 0 Å². The molecule has 0 unspecified atom stereocenters. The second-order valence-corrected chi connectivity index (χ2v) is 7.91. The monoisotopic (exact) mass is 337 g/mol. The van der Waals surface area contributed by atoms with Crippen LogP contribution in [0.5, 0.6) is 0 Å². The van der Waals surface area contributed by atoms with Crippen LogP contribution in [0.3, 0.4) is 0 Å². The molecule has 0 radical (unpaired) electrons. The highest BCUT2D eigenvalue weighted by atomic mass is 32.1. The average molecular weight is 337 g/mol. The fraction of sp³-hybridized carbons (Fsp3) is 0.400. The normalized spacial score (nSPS) is 16.2. The fourth-order valence-corrected chi connectivity index (χ4v) is 4.36. The summed E-state index contributed by atoms with van der Waals surface area (Å²) >= 11 is 1.75. The van der Waals surface area contributed by atoms with Crippen molar-refractivity contribution in [2.45, 2.75) is 51.5 Å². The SMILES string of the molecule is Cc1cc2c(NC3CCCCCC3)nc(-c3ccccc3)nc2s1. The predicted octanol–water partition coefficient (Wildman–Crippen LogP) is 5.80. The smallest absolute Gasteiger partial charge is 0.163 e. The maximum atomic E-state index is 4.89. The highest BCUT2D eigenvalue weighted by Gasteiger charge is 2.17. The Kier molecular flexibility index (Phi) is 4.48. The number of thiophene rings is 1. The lowest BCUT2D eigenvalue weighted by molar-refractivity contribution is 0.618. The maximum Gasteiger partial charge on any atom is 0.163 e. The van der Waals surface area contributed by atoms with Crippen LogP contribution in [0.15, 0.2) is 36.4 Å². The molecule has 3 aromatic rings. The highest BCUT2D eigenvalue weighted by molar-refractivity contribution is 7.18. The van der Waals surface area contributed by atoms with Crippen LogP contribution in [-0.4, -0.2) is 16.0 Å². The summed E-state index contributed by atoms with van der Waals surface area (Å²) in [6.45, 7) is 2.14. The molecule has 0 spiro atoms. The Bertz CT molecular complexity index is 818. The quantitative estimate of drug-likeness (QED) is 0.614. The molecule has 1 N–H and O–H groups in total. The molecule has 124 valence electrons. The molecule has 1 fully saturated rings. The van der Waals surface area contributed by atoms with E-state index in [1.54, 1.807) is 11.3 Å². The zero-order chi connectivity index (χ0) is 16.4. The summed E-state index contributed by atoms with van der Waals surface area (Å²) in [5.41, 5.74) is 1.08. The molecular formula is C20H23N3S. The Morgan fingerprint density at radius 1 is 1.00 bits per heavy atom. The minimum Gasteiger partial charge on any atom is -0.367 e. The van der Waals surface area contributed by atoms with E-state index in [0.29, 0.717) is 6.04 Å². The second kappa shape index (κ2) is 6.89. The first-order valence-electron chi connectivity index (χ1n) is 8.90. The summed E-state index contributed by atoms with van der Waals surface area (Å²) in [5.74, 6) is 1.83. The first-order chi connectivity index (χ1) is 11.8. The van der Waals surface area contributed by atoms with Crippen molar-refractivity contribution in [1.82, 2.24) is 9.97 Å². The predicted molar refractivity (Wildman–Crippen MR) is 103 cm³/mol. The summed E-state index contributed by atoms with van der Waals surface area (Å²) in [6, 6.07) is 13.0. The van der Waals surface area contributed by atoms with Gasteiger partial charge < -0.3 is 5.32 Å². The van der Waals surface area contributed by atoms with Gasteiger partial charge in [0.1, 0.15) is 10.6 Å². The van der Waals surface area contributed by atoms with E-state index in [0.717, 1.165) is 22.0 Å². The largest absolute Gasteiger partial charge is 0.367 e. The van der Waals surface area contributed by atoms with Crippen LogP contribution >= 0.6 is 11.3 Å². The van der Waals surface area contributed by atoms with E-state index in [4.69, 9.17) is 9.97 Å². The van der Waals surface area contributed by atoms with Crippen molar-refractivity contribution in [3.05, 3.63) is 41.3 Å². The van der Waals surface area contributed by atoms with Gasteiger partial charge in [0.15, 0.2) is 5.82 Å².